The van der Waals surface area contributed by atoms with Crippen LogP contribution in [0.15, 0.2) is 0 Å². The predicted octanol–water partition coefficient (Wildman–Crippen LogP) is 3.19. The van der Waals surface area contributed by atoms with Gasteiger partial charge in [-0.05, 0) is 36.5 Å². The first-order valence-corrected chi connectivity index (χ1v) is 6.55. The Morgan fingerprint density at radius 3 is 2.19 bits per heavy atom. The van der Waals surface area contributed by atoms with Crippen molar-refractivity contribution in [1.29, 1.82) is 5.26 Å². The minimum atomic E-state index is 0.311. The summed E-state index contributed by atoms with van der Waals surface area (Å²) in [5.74, 6) is 0. The van der Waals surface area contributed by atoms with Gasteiger partial charge in [-0.25, -0.2) is 0 Å². The van der Waals surface area contributed by atoms with Crippen LogP contribution in [0.2, 0.25) is 0 Å². The summed E-state index contributed by atoms with van der Waals surface area (Å²) in [6.07, 6.45) is 5.82. The molecule has 0 bridgehead atoms. The van der Waals surface area contributed by atoms with E-state index >= 15 is 0 Å². The molecule has 2 aliphatic rings. The van der Waals surface area contributed by atoms with E-state index in [9.17, 15) is 0 Å². The molecule has 2 fully saturated rings. The van der Waals surface area contributed by atoms with E-state index in [2.05, 4.69) is 31.7 Å². The van der Waals surface area contributed by atoms with Crippen molar-refractivity contribution in [3.05, 3.63) is 0 Å². The van der Waals surface area contributed by atoms with Crippen molar-refractivity contribution in [2.45, 2.75) is 58.9 Å². The molecule has 1 aliphatic heterocycles. The lowest BCUT2D eigenvalue weighted by Crippen LogP contribution is -2.58. The topological polar surface area (TPSA) is 27.0 Å². The van der Waals surface area contributed by atoms with Crippen LogP contribution < -0.4 is 0 Å². The summed E-state index contributed by atoms with van der Waals surface area (Å²) in [6.45, 7) is 9.53. The molecule has 0 atom stereocenters. The summed E-state index contributed by atoms with van der Waals surface area (Å²) in [7, 11) is 0. The Kier molecular flexibility index (Phi) is 3.01. The summed E-state index contributed by atoms with van der Waals surface area (Å²) in [5.41, 5.74) is 0.860. The maximum Gasteiger partial charge on any atom is 0.0627 e. The normalized spacial score (nSPS) is 38.8. The van der Waals surface area contributed by atoms with Gasteiger partial charge in [0.05, 0.1) is 6.07 Å². The first-order chi connectivity index (χ1) is 7.44. The number of rotatable bonds is 2. The van der Waals surface area contributed by atoms with Gasteiger partial charge >= 0.3 is 0 Å². The van der Waals surface area contributed by atoms with Gasteiger partial charge in [0.25, 0.3) is 0 Å². The van der Waals surface area contributed by atoms with E-state index < -0.39 is 0 Å². The van der Waals surface area contributed by atoms with Crippen LogP contribution >= 0.6 is 0 Å². The van der Waals surface area contributed by atoms with Gasteiger partial charge in [0.15, 0.2) is 0 Å². The Bertz CT molecular complexity index is 284. The van der Waals surface area contributed by atoms with Gasteiger partial charge in [0, 0.05) is 25.6 Å². The van der Waals surface area contributed by atoms with Crippen molar-refractivity contribution in [1.82, 2.24) is 4.90 Å². The van der Waals surface area contributed by atoms with E-state index in [1.165, 1.54) is 38.8 Å². The van der Waals surface area contributed by atoms with Crippen LogP contribution in [0.5, 0.6) is 0 Å². The average Bonchev–Trinajstić information content (AvgIpc) is 2.15. The maximum absolute atomic E-state index is 8.82. The molecule has 1 saturated heterocycles. The first kappa shape index (κ1) is 11.9. The Balaban J connectivity index is 1.81. The highest BCUT2D eigenvalue weighted by molar-refractivity contribution is 4.96. The van der Waals surface area contributed by atoms with Crippen LogP contribution in [0, 0.1) is 22.2 Å². The van der Waals surface area contributed by atoms with Crippen molar-refractivity contribution in [3.8, 4) is 6.07 Å². The zero-order valence-corrected chi connectivity index (χ0v) is 10.9. The molecule has 0 unspecified atom stereocenters. The van der Waals surface area contributed by atoms with Crippen LogP contribution in [0.4, 0.5) is 0 Å². The SMILES string of the molecule is CC1(C)CN([C@H]2CC[C@](C)(CC#N)CC2)C1. The zero-order chi connectivity index (χ0) is 11.8. The highest BCUT2D eigenvalue weighted by Crippen LogP contribution is 2.42. The molecule has 0 spiro atoms. The van der Waals surface area contributed by atoms with Gasteiger partial charge in [-0.15, -0.1) is 0 Å². The Morgan fingerprint density at radius 2 is 1.75 bits per heavy atom. The Hall–Kier alpha value is -0.550. The van der Waals surface area contributed by atoms with Gasteiger partial charge in [-0.1, -0.05) is 20.8 Å². The number of nitrogens with zero attached hydrogens (tertiary/aromatic N) is 2. The molecule has 0 aromatic heterocycles. The van der Waals surface area contributed by atoms with Crippen LogP contribution in [0.25, 0.3) is 0 Å². The Morgan fingerprint density at radius 1 is 1.19 bits per heavy atom. The van der Waals surface area contributed by atoms with Gasteiger partial charge in [0.2, 0.25) is 0 Å². The van der Waals surface area contributed by atoms with Crippen molar-refractivity contribution in [2.75, 3.05) is 13.1 Å². The van der Waals surface area contributed by atoms with E-state index in [4.69, 9.17) is 5.26 Å². The molecule has 2 nitrogen and oxygen atoms in total. The predicted molar refractivity (Wildman–Crippen MR) is 65.9 cm³/mol. The van der Waals surface area contributed by atoms with Crippen molar-refractivity contribution >= 4 is 0 Å². The summed E-state index contributed by atoms with van der Waals surface area (Å²) >= 11 is 0. The van der Waals surface area contributed by atoms with Gasteiger partial charge in [-0.3, -0.25) is 4.90 Å². The standard InChI is InChI=1S/C14H24N2/c1-13(2)10-16(11-13)12-4-6-14(3,7-5-12)8-9-15/h12H,4-8,10-11H2,1-3H3/t12-,14-. The number of hydrogen-bond donors (Lipinski definition) is 0. The molecule has 2 heteroatoms. The zero-order valence-electron chi connectivity index (χ0n) is 10.9. The van der Waals surface area contributed by atoms with E-state index in [1.54, 1.807) is 0 Å². The second-order valence-corrected chi connectivity index (χ2v) is 6.95. The largest absolute Gasteiger partial charge is 0.299 e. The second kappa shape index (κ2) is 4.04. The number of likely N-dealkylation sites (tertiary alicyclic amines) is 1. The summed E-state index contributed by atoms with van der Waals surface area (Å²) in [5, 5.41) is 8.82. The lowest BCUT2D eigenvalue weighted by Gasteiger charge is -2.52. The molecule has 1 aliphatic carbocycles. The fourth-order valence-corrected chi connectivity index (χ4v) is 3.34. The average molecular weight is 220 g/mol. The minimum absolute atomic E-state index is 0.311. The molecule has 1 saturated carbocycles. The molecule has 0 aromatic carbocycles. The monoisotopic (exact) mass is 220 g/mol. The van der Waals surface area contributed by atoms with Crippen molar-refractivity contribution in [2.24, 2.45) is 10.8 Å². The smallest absolute Gasteiger partial charge is 0.0627 e. The molecule has 1 heterocycles. The third-order valence-corrected chi connectivity index (χ3v) is 4.45. The van der Waals surface area contributed by atoms with Gasteiger partial charge in [-0.2, -0.15) is 5.26 Å². The third-order valence-electron chi connectivity index (χ3n) is 4.45. The maximum atomic E-state index is 8.82. The summed E-state index contributed by atoms with van der Waals surface area (Å²) in [6, 6.07) is 3.15. The number of hydrogen-bond acceptors (Lipinski definition) is 2. The van der Waals surface area contributed by atoms with Crippen LogP contribution in [0.3, 0.4) is 0 Å². The van der Waals surface area contributed by atoms with Crippen LogP contribution in [0.1, 0.15) is 52.9 Å². The molecule has 16 heavy (non-hydrogen) atoms. The quantitative estimate of drug-likeness (QED) is 0.714. The molecule has 90 valence electrons. The molecule has 2 rings (SSSR count). The fraction of sp³-hybridized carbons (Fsp3) is 0.929. The third kappa shape index (κ3) is 2.40. The summed E-state index contributed by atoms with van der Waals surface area (Å²) < 4.78 is 0. The van der Waals surface area contributed by atoms with E-state index in [0.717, 1.165) is 12.5 Å². The van der Waals surface area contributed by atoms with E-state index in [0.29, 0.717) is 10.8 Å². The number of nitriles is 1. The van der Waals surface area contributed by atoms with Crippen molar-refractivity contribution in [3.63, 3.8) is 0 Å². The second-order valence-electron chi connectivity index (χ2n) is 6.95. The highest BCUT2D eigenvalue weighted by atomic mass is 15.2. The molecular weight excluding hydrogens is 196 g/mol. The molecule has 0 N–H and O–H groups in total. The fourth-order valence-electron chi connectivity index (χ4n) is 3.34. The van der Waals surface area contributed by atoms with Crippen LogP contribution in [-0.4, -0.2) is 24.0 Å². The van der Waals surface area contributed by atoms with Crippen molar-refractivity contribution < 1.29 is 0 Å². The Labute approximate surface area is 99.6 Å². The van der Waals surface area contributed by atoms with E-state index in [1.807, 2.05) is 0 Å². The first-order valence-electron chi connectivity index (χ1n) is 6.55. The van der Waals surface area contributed by atoms with Gasteiger partial charge in [0.1, 0.15) is 0 Å². The lowest BCUT2D eigenvalue weighted by atomic mass is 9.70. The van der Waals surface area contributed by atoms with Crippen LogP contribution in [-0.2, 0) is 0 Å². The molecule has 0 aromatic rings. The lowest BCUT2D eigenvalue weighted by molar-refractivity contribution is -0.0299. The minimum Gasteiger partial charge on any atom is -0.299 e. The summed E-state index contributed by atoms with van der Waals surface area (Å²) in [4.78, 5) is 2.64. The molecule has 0 amide bonds. The van der Waals surface area contributed by atoms with Gasteiger partial charge < -0.3 is 0 Å². The molecular formula is C14H24N2. The molecule has 0 radical (unpaired) electrons. The highest BCUT2D eigenvalue weighted by Gasteiger charge is 2.41. The van der Waals surface area contributed by atoms with E-state index in [-0.39, 0.29) is 0 Å².